The van der Waals surface area contributed by atoms with Crippen LogP contribution in [0.2, 0.25) is 0 Å². The Kier molecular flexibility index (Phi) is 3.92. The first kappa shape index (κ1) is 16.3. The average Bonchev–Trinajstić information content (AvgIpc) is 2.92. The summed E-state index contributed by atoms with van der Waals surface area (Å²) in [7, 11) is 0. The Morgan fingerprint density at radius 3 is 1.85 bits per heavy atom. The summed E-state index contributed by atoms with van der Waals surface area (Å²) in [6.45, 7) is 1.33. The predicted octanol–water partition coefficient (Wildman–Crippen LogP) is 4.21. The van der Waals surface area contributed by atoms with Crippen LogP contribution in [0.3, 0.4) is 0 Å². The van der Waals surface area contributed by atoms with Crippen molar-refractivity contribution in [3.63, 3.8) is 0 Å². The first-order valence-corrected chi connectivity index (χ1v) is 8.57. The van der Waals surface area contributed by atoms with Gasteiger partial charge in [0.2, 0.25) is 0 Å². The molecule has 3 aromatic carbocycles. The third-order valence-electron chi connectivity index (χ3n) is 4.95. The Balaban J connectivity index is 2.06. The van der Waals surface area contributed by atoms with E-state index in [0.717, 1.165) is 22.3 Å². The number of benzene rings is 3. The zero-order chi connectivity index (χ0) is 18.1. The van der Waals surface area contributed by atoms with Gasteiger partial charge in [0, 0.05) is 12.5 Å². The highest BCUT2D eigenvalue weighted by Crippen LogP contribution is 2.51. The Morgan fingerprint density at radius 1 is 0.808 bits per heavy atom. The van der Waals surface area contributed by atoms with Gasteiger partial charge < -0.3 is 4.74 Å². The maximum absolute atomic E-state index is 13.7. The Morgan fingerprint density at radius 2 is 1.31 bits per heavy atom. The molecule has 0 aliphatic heterocycles. The van der Waals surface area contributed by atoms with Crippen molar-refractivity contribution in [2.45, 2.75) is 18.4 Å². The fraction of sp³-hybridized carbons (Fsp3) is 0.130. The van der Waals surface area contributed by atoms with Crippen molar-refractivity contribution in [2.75, 3.05) is 0 Å². The Hall–Kier alpha value is -3.20. The second-order valence-electron chi connectivity index (χ2n) is 6.42. The molecular formula is C23H18O3. The van der Waals surface area contributed by atoms with Gasteiger partial charge >= 0.3 is 5.97 Å². The van der Waals surface area contributed by atoms with Crippen molar-refractivity contribution in [1.82, 2.24) is 0 Å². The molecule has 0 fully saturated rings. The number of carbonyl (C=O) groups is 2. The SMILES string of the molecule is CC(=O)OC1C(=O)C(c2ccccc2)(c2ccccc2)c2ccccc21. The molecule has 1 unspecified atom stereocenters. The van der Waals surface area contributed by atoms with Crippen LogP contribution >= 0.6 is 0 Å². The van der Waals surface area contributed by atoms with E-state index >= 15 is 0 Å². The summed E-state index contributed by atoms with van der Waals surface area (Å²) in [5, 5.41) is 0. The fourth-order valence-electron chi connectivity index (χ4n) is 3.96. The minimum absolute atomic E-state index is 0.133. The maximum atomic E-state index is 13.7. The number of carbonyl (C=O) groups excluding carboxylic acids is 2. The number of ketones is 1. The second kappa shape index (κ2) is 6.26. The van der Waals surface area contributed by atoms with E-state index in [4.69, 9.17) is 4.74 Å². The molecule has 1 atom stereocenters. The van der Waals surface area contributed by atoms with E-state index in [1.165, 1.54) is 6.92 Å². The molecule has 3 nitrogen and oxygen atoms in total. The maximum Gasteiger partial charge on any atom is 0.303 e. The first-order chi connectivity index (χ1) is 12.7. The number of Topliss-reactive ketones (excluding diaryl/α,β-unsaturated/α-hetero) is 1. The molecule has 4 rings (SSSR count). The highest BCUT2D eigenvalue weighted by atomic mass is 16.5. The van der Waals surface area contributed by atoms with Crippen LogP contribution in [0, 0.1) is 0 Å². The minimum atomic E-state index is -0.987. The minimum Gasteiger partial charge on any atom is -0.450 e. The lowest BCUT2D eigenvalue weighted by atomic mass is 9.69. The molecule has 0 N–H and O–H groups in total. The summed E-state index contributed by atoms with van der Waals surface area (Å²) < 4.78 is 5.46. The molecule has 0 amide bonds. The van der Waals surface area contributed by atoms with Gasteiger partial charge in [0.05, 0.1) is 0 Å². The van der Waals surface area contributed by atoms with Gasteiger partial charge in [-0.15, -0.1) is 0 Å². The molecule has 1 aliphatic rings. The molecule has 0 saturated carbocycles. The second-order valence-corrected chi connectivity index (χ2v) is 6.42. The van der Waals surface area contributed by atoms with Gasteiger partial charge in [-0.3, -0.25) is 9.59 Å². The van der Waals surface area contributed by atoms with Gasteiger partial charge in [-0.1, -0.05) is 84.9 Å². The molecule has 0 heterocycles. The van der Waals surface area contributed by atoms with Gasteiger partial charge in [-0.2, -0.15) is 0 Å². The normalized spacial score (nSPS) is 17.6. The Bertz CT molecular complexity index is 922. The summed E-state index contributed by atoms with van der Waals surface area (Å²) in [6, 6.07) is 27.0. The molecule has 1 aliphatic carbocycles. The summed E-state index contributed by atoms with van der Waals surface area (Å²) in [4.78, 5) is 25.4. The van der Waals surface area contributed by atoms with E-state index in [9.17, 15) is 9.59 Å². The summed E-state index contributed by atoms with van der Waals surface area (Å²) in [5.41, 5.74) is 2.38. The van der Waals surface area contributed by atoms with Gasteiger partial charge in [0.1, 0.15) is 5.41 Å². The topological polar surface area (TPSA) is 43.4 Å². The summed E-state index contributed by atoms with van der Waals surface area (Å²) >= 11 is 0. The molecule has 0 aromatic heterocycles. The zero-order valence-corrected chi connectivity index (χ0v) is 14.4. The number of ether oxygens (including phenoxy) is 1. The Labute approximate surface area is 152 Å². The zero-order valence-electron chi connectivity index (χ0n) is 14.4. The van der Waals surface area contributed by atoms with Crippen molar-refractivity contribution >= 4 is 11.8 Å². The van der Waals surface area contributed by atoms with Gasteiger partial charge in [0.25, 0.3) is 0 Å². The lowest BCUT2D eigenvalue weighted by molar-refractivity contribution is -0.153. The molecule has 26 heavy (non-hydrogen) atoms. The van der Waals surface area contributed by atoms with Crippen LogP contribution in [-0.4, -0.2) is 11.8 Å². The van der Waals surface area contributed by atoms with Crippen LogP contribution in [0.4, 0.5) is 0 Å². The molecule has 0 spiro atoms. The highest BCUT2D eigenvalue weighted by Gasteiger charge is 2.55. The van der Waals surface area contributed by atoms with Crippen LogP contribution in [0.5, 0.6) is 0 Å². The standard InChI is InChI=1S/C23H18O3/c1-16(24)26-21-19-14-8-9-15-20(19)23(22(21)25,17-10-4-2-5-11-17)18-12-6-3-7-13-18/h2-15,21H,1H3. The van der Waals surface area contributed by atoms with Crippen molar-refractivity contribution < 1.29 is 14.3 Å². The van der Waals surface area contributed by atoms with Crippen LogP contribution < -0.4 is 0 Å². The lowest BCUT2D eigenvalue weighted by Gasteiger charge is -2.30. The van der Waals surface area contributed by atoms with Gasteiger partial charge in [-0.05, 0) is 16.7 Å². The average molecular weight is 342 g/mol. The van der Waals surface area contributed by atoms with E-state index < -0.39 is 17.5 Å². The first-order valence-electron chi connectivity index (χ1n) is 8.57. The van der Waals surface area contributed by atoms with E-state index in [1.54, 1.807) is 0 Å². The number of fused-ring (bicyclic) bond motifs is 1. The molecule has 0 radical (unpaired) electrons. The summed E-state index contributed by atoms with van der Waals surface area (Å²) in [5.74, 6) is -0.596. The summed E-state index contributed by atoms with van der Waals surface area (Å²) in [6.07, 6.45) is -0.899. The molecule has 3 heteroatoms. The van der Waals surface area contributed by atoms with Crippen molar-refractivity contribution in [2.24, 2.45) is 0 Å². The largest absolute Gasteiger partial charge is 0.450 e. The molecule has 0 saturated heterocycles. The van der Waals surface area contributed by atoms with E-state index in [1.807, 2.05) is 84.9 Å². The van der Waals surface area contributed by atoms with Crippen LogP contribution in [0.25, 0.3) is 0 Å². The number of esters is 1. The molecule has 128 valence electrons. The number of rotatable bonds is 3. The predicted molar refractivity (Wildman–Crippen MR) is 98.7 cm³/mol. The van der Waals surface area contributed by atoms with Crippen LogP contribution in [0.15, 0.2) is 84.9 Å². The van der Waals surface area contributed by atoms with Gasteiger partial charge in [0.15, 0.2) is 11.9 Å². The number of hydrogen-bond acceptors (Lipinski definition) is 3. The quantitative estimate of drug-likeness (QED) is 0.670. The fourth-order valence-corrected chi connectivity index (χ4v) is 3.96. The molecular weight excluding hydrogens is 324 g/mol. The molecule has 0 bridgehead atoms. The van der Waals surface area contributed by atoms with Crippen molar-refractivity contribution in [3.05, 3.63) is 107 Å². The number of hydrogen-bond donors (Lipinski definition) is 0. The van der Waals surface area contributed by atoms with Crippen LogP contribution in [0.1, 0.15) is 35.3 Å². The third kappa shape index (κ3) is 2.28. The van der Waals surface area contributed by atoms with E-state index in [2.05, 4.69) is 0 Å². The highest BCUT2D eigenvalue weighted by molar-refractivity contribution is 6.06. The monoisotopic (exact) mass is 342 g/mol. The smallest absolute Gasteiger partial charge is 0.303 e. The molecule has 3 aromatic rings. The van der Waals surface area contributed by atoms with E-state index in [0.29, 0.717) is 0 Å². The third-order valence-corrected chi connectivity index (χ3v) is 4.95. The van der Waals surface area contributed by atoms with E-state index in [-0.39, 0.29) is 5.78 Å². The van der Waals surface area contributed by atoms with Crippen LogP contribution in [-0.2, 0) is 19.7 Å². The van der Waals surface area contributed by atoms with Crippen molar-refractivity contribution in [3.8, 4) is 0 Å². The van der Waals surface area contributed by atoms with Crippen molar-refractivity contribution in [1.29, 1.82) is 0 Å². The lowest BCUT2D eigenvalue weighted by Crippen LogP contribution is -2.36. The van der Waals surface area contributed by atoms with Gasteiger partial charge in [-0.25, -0.2) is 0 Å².